The molecule has 0 bridgehead atoms. The number of carbonyl (C=O) groups is 2. The smallest absolute Gasteiger partial charge is 0.337 e. The Morgan fingerprint density at radius 3 is 2.64 bits per heavy atom. The van der Waals surface area contributed by atoms with Gasteiger partial charge in [0.05, 0.1) is 40.5 Å². The van der Waals surface area contributed by atoms with E-state index in [1.54, 1.807) is 41.8 Å². The minimum Gasteiger partial charge on any atom is -0.465 e. The summed E-state index contributed by atoms with van der Waals surface area (Å²) in [7, 11) is 1.29. The number of amides is 1. The van der Waals surface area contributed by atoms with Gasteiger partial charge in [-0.15, -0.1) is 0 Å². The molecule has 0 fully saturated rings. The van der Waals surface area contributed by atoms with E-state index in [0.29, 0.717) is 33.9 Å². The highest BCUT2D eigenvalue weighted by atomic mass is 32.2. The number of esters is 1. The lowest BCUT2D eigenvalue weighted by Gasteiger charge is -2.18. The number of fused-ring (bicyclic) bond motifs is 1. The van der Waals surface area contributed by atoms with Crippen LogP contribution in [-0.2, 0) is 16.1 Å². The average molecular weight is 465 g/mol. The van der Waals surface area contributed by atoms with E-state index in [1.807, 2.05) is 19.9 Å². The molecule has 3 rings (SSSR count). The van der Waals surface area contributed by atoms with Gasteiger partial charge in [-0.1, -0.05) is 31.7 Å². The van der Waals surface area contributed by atoms with Crippen molar-refractivity contribution >= 4 is 40.2 Å². The first-order chi connectivity index (χ1) is 15.7. The lowest BCUT2D eigenvalue weighted by Crippen LogP contribution is -2.28. The highest BCUT2D eigenvalue weighted by Gasteiger charge is 2.21. The number of nitrogens with zero attached hydrogens (tertiary/aromatic N) is 3. The van der Waals surface area contributed by atoms with Crippen molar-refractivity contribution in [2.45, 2.75) is 37.7 Å². The Labute approximate surface area is 195 Å². The molecular weight excluding hydrogens is 440 g/mol. The van der Waals surface area contributed by atoms with E-state index in [1.165, 1.54) is 19.2 Å². The van der Waals surface area contributed by atoms with Gasteiger partial charge in [-0.2, -0.15) is 5.26 Å². The van der Waals surface area contributed by atoms with Gasteiger partial charge < -0.3 is 10.1 Å². The quantitative estimate of drug-likeness (QED) is 0.321. The molecule has 0 radical (unpaired) electrons. The van der Waals surface area contributed by atoms with E-state index in [9.17, 15) is 14.4 Å². The van der Waals surface area contributed by atoms with Gasteiger partial charge in [0.1, 0.15) is 0 Å². The number of hydrogen-bond donors (Lipinski definition) is 1. The summed E-state index contributed by atoms with van der Waals surface area (Å²) in [5.41, 5.74) is 1.37. The number of nitriles is 1. The number of nitrogens with one attached hydrogen (secondary N) is 1. The molecule has 1 aromatic heterocycles. The van der Waals surface area contributed by atoms with E-state index in [0.717, 1.165) is 11.8 Å². The number of aromatic nitrogens is 2. The number of carbonyl (C=O) groups excluding carboxylic acids is 2. The van der Waals surface area contributed by atoms with E-state index in [4.69, 9.17) is 10.00 Å². The number of methoxy groups -OCH3 is 1. The number of hydrogen-bond acceptors (Lipinski definition) is 7. The Morgan fingerprint density at radius 2 is 1.97 bits per heavy atom. The van der Waals surface area contributed by atoms with Gasteiger partial charge in [-0.3, -0.25) is 14.2 Å². The molecule has 0 aliphatic rings. The molecule has 2 aromatic carbocycles. The van der Waals surface area contributed by atoms with Gasteiger partial charge in [-0.25, -0.2) is 9.78 Å². The fourth-order valence-corrected chi connectivity index (χ4v) is 4.10. The molecule has 0 spiro atoms. The molecule has 3 aromatic rings. The van der Waals surface area contributed by atoms with Crippen LogP contribution >= 0.6 is 11.8 Å². The van der Waals surface area contributed by atoms with Crippen LogP contribution in [-0.4, -0.2) is 33.8 Å². The van der Waals surface area contributed by atoms with Crippen LogP contribution in [0.15, 0.2) is 52.4 Å². The summed E-state index contributed by atoms with van der Waals surface area (Å²) in [6.07, 6.45) is 0. The van der Waals surface area contributed by atoms with E-state index >= 15 is 0 Å². The van der Waals surface area contributed by atoms with Crippen molar-refractivity contribution in [3.05, 3.63) is 63.9 Å². The Hall–Kier alpha value is -3.64. The summed E-state index contributed by atoms with van der Waals surface area (Å²) in [5.74, 6) is -0.635. The predicted octanol–water partition coefficient (Wildman–Crippen LogP) is 3.83. The van der Waals surface area contributed by atoms with Gasteiger partial charge >= 0.3 is 5.97 Å². The number of benzene rings is 2. The van der Waals surface area contributed by atoms with Crippen LogP contribution < -0.4 is 10.9 Å². The lowest BCUT2D eigenvalue weighted by molar-refractivity contribution is -0.115. The Bertz CT molecular complexity index is 1310. The Kier molecular flexibility index (Phi) is 7.51. The molecule has 0 saturated heterocycles. The van der Waals surface area contributed by atoms with Crippen LogP contribution in [0.25, 0.3) is 10.9 Å². The maximum atomic E-state index is 13.2. The first kappa shape index (κ1) is 24.0. The molecule has 0 aliphatic carbocycles. The van der Waals surface area contributed by atoms with Crippen molar-refractivity contribution in [1.29, 1.82) is 5.26 Å². The fourth-order valence-electron chi connectivity index (χ4n) is 3.18. The zero-order valence-corrected chi connectivity index (χ0v) is 19.6. The summed E-state index contributed by atoms with van der Waals surface area (Å²) in [6, 6.07) is 13.3. The molecule has 0 saturated carbocycles. The second-order valence-electron chi connectivity index (χ2n) is 7.87. The first-order valence-corrected chi connectivity index (χ1v) is 11.2. The Balaban J connectivity index is 1.96. The van der Waals surface area contributed by atoms with E-state index in [2.05, 4.69) is 10.3 Å². The minimum absolute atomic E-state index is 0.175. The molecule has 9 heteroatoms. The Morgan fingerprint density at radius 1 is 1.21 bits per heavy atom. The predicted molar refractivity (Wildman–Crippen MR) is 127 cm³/mol. The van der Waals surface area contributed by atoms with Gasteiger partial charge in [0.25, 0.3) is 5.56 Å². The topological polar surface area (TPSA) is 114 Å². The summed E-state index contributed by atoms with van der Waals surface area (Å²) >= 11 is 1.16. The molecule has 8 nitrogen and oxygen atoms in total. The van der Waals surface area contributed by atoms with Gasteiger partial charge in [0, 0.05) is 12.2 Å². The second-order valence-corrected chi connectivity index (χ2v) is 9.18. The van der Waals surface area contributed by atoms with Crippen molar-refractivity contribution in [2.24, 2.45) is 5.92 Å². The fraction of sp³-hybridized carbons (Fsp3) is 0.292. The van der Waals surface area contributed by atoms with Crippen LogP contribution in [0.2, 0.25) is 0 Å². The van der Waals surface area contributed by atoms with Crippen molar-refractivity contribution in [3.63, 3.8) is 0 Å². The zero-order valence-electron chi connectivity index (χ0n) is 18.8. The number of thioether (sulfide) groups is 1. The highest BCUT2D eigenvalue weighted by Crippen LogP contribution is 2.25. The molecule has 33 heavy (non-hydrogen) atoms. The molecule has 0 aliphatic heterocycles. The van der Waals surface area contributed by atoms with Gasteiger partial charge in [-0.05, 0) is 49.2 Å². The van der Waals surface area contributed by atoms with Crippen molar-refractivity contribution in [2.75, 3.05) is 12.4 Å². The summed E-state index contributed by atoms with van der Waals surface area (Å²) < 4.78 is 6.33. The highest BCUT2D eigenvalue weighted by molar-refractivity contribution is 8.00. The largest absolute Gasteiger partial charge is 0.465 e. The van der Waals surface area contributed by atoms with Crippen LogP contribution in [0.5, 0.6) is 0 Å². The van der Waals surface area contributed by atoms with Crippen molar-refractivity contribution in [3.8, 4) is 6.07 Å². The normalized spacial score (nSPS) is 11.8. The lowest BCUT2D eigenvalue weighted by atomic mass is 10.1. The minimum atomic E-state index is -0.581. The summed E-state index contributed by atoms with van der Waals surface area (Å²) in [5, 5.41) is 12.0. The monoisotopic (exact) mass is 464 g/mol. The summed E-state index contributed by atoms with van der Waals surface area (Å²) in [6.45, 7) is 6.13. The van der Waals surface area contributed by atoms with Crippen LogP contribution in [0.4, 0.5) is 5.69 Å². The summed E-state index contributed by atoms with van der Waals surface area (Å²) in [4.78, 5) is 42.5. The van der Waals surface area contributed by atoms with E-state index in [-0.39, 0.29) is 22.9 Å². The third-order valence-corrected chi connectivity index (χ3v) is 5.89. The van der Waals surface area contributed by atoms with E-state index < -0.39 is 11.2 Å². The third-order valence-electron chi connectivity index (χ3n) is 4.80. The van der Waals surface area contributed by atoms with Gasteiger partial charge in [0.2, 0.25) is 5.91 Å². The third kappa shape index (κ3) is 5.59. The van der Waals surface area contributed by atoms with Crippen LogP contribution in [0, 0.1) is 17.2 Å². The standard InChI is InChI=1S/C24H24N4O4S/c1-14(2)13-28-22(30)19-9-8-17(23(31)32-4)11-20(19)27-24(28)33-15(3)21(29)26-18-7-5-6-16(10-18)12-25/h5-11,14-15H,13H2,1-4H3,(H,26,29). The number of rotatable bonds is 7. The molecule has 1 heterocycles. The maximum Gasteiger partial charge on any atom is 0.337 e. The molecule has 1 amide bonds. The molecule has 1 unspecified atom stereocenters. The average Bonchev–Trinajstić information content (AvgIpc) is 2.80. The van der Waals surface area contributed by atoms with Crippen LogP contribution in [0.1, 0.15) is 36.7 Å². The molecule has 1 atom stereocenters. The molecular formula is C24H24N4O4S. The maximum absolute atomic E-state index is 13.2. The molecule has 1 N–H and O–H groups in total. The van der Waals surface area contributed by atoms with Gasteiger partial charge in [0.15, 0.2) is 5.16 Å². The zero-order chi connectivity index (χ0) is 24.1. The second kappa shape index (κ2) is 10.3. The number of anilines is 1. The first-order valence-electron chi connectivity index (χ1n) is 10.3. The van der Waals surface area contributed by atoms with Crippen molar-refractivity contribution < 1.29 is 14.3 Å². The SMILES string of the molecule is COC(=O)c1ccc2c(=O)n(CC(C)C)c(SC(C)C(=O)Nc3cccc(C#N)c3)nc2c1. The number of ether oxygens (including phenoxy) is 1. The molecule has 170 valence electrons. The van der Waals surface area contributed by atoms with Crippen LogP contribution in [0.3, 0.4) is 0 Å². The van der Waals surface area contributed by atoms with Crippen molar-refractivity contribution in [1.82, 2.24) is 9.55 Å².